The maximum Gasteiger partial charge on any atom is 0.123 e. The van der Waals surface area contributed by atoms with Crippen LogP contribution in [0.3, 0.4) is 0 Å². The van der Waals surface area contributed by atoms with Crippen LogP contribution in [0.5, 0.6) is 0 Å². The Morgan fingerprint density at radius 2 is 2.21 bits per heavy atom. The topological polar surface area (TPSA) is 25.2 Å². The number of aliphatic hydroxyl groups is 1. The molecular weight excluding hydrogens is 234 g/mol. The lowest BCUT2D eigenvalue weighted by Crippen LogP contribution is -2.08. The van der Waals surface area contributed by atoms with Crippen molar-refractivity contribution in [3.8, 4) is 0 Å². The van der Waals surface area contributed by atoms with Crippen molar-refractivity contribution in [3.63, 3.8) is 0 Å². The fraction of sp³-hybridized carbons (Fsp3) is 0.235. The molecule has 0 saturated heterocycles. The van der Waals surface area contributed by atoms with Gasteiger partial charge in [0.25, 0.3) is 0 Å². The Morgan fingerprint density at radius 3 is 2.84 bits per heavy atom. The van der Waals surface area contributed by atoms with Gasteiger partial charge in [-0.1, -0.05) is 30.9 Å². The molecule has 2 aromatic rings. The van der Waals surface area contributed by atoms with Crippen molar-refractivity contribution in [1.82, 2.24) is 4.57 Å². The van der Waals surface area contributed by atoms with E-state index in [1.807, 2.05) is 18.2 Å². The van der Waals surface area contributed by atoms with Gasteiger partial charge in [-0.25, -0.2) is 0 Å². The number of allylic oxidation sites excluding steroid dienone is 1. The summed E-state index contributed by atoms with van der Waals surface area (Å²) in [5, 5.41) is 11.7. The number of benzene rings is 1. The van der Waals surface area contributed by atoms with E-state index in [1.165, 1.54) is 0 Å². The normalized spacial score (nSPS) is 12.1. The van der Waals surface area contributed by atoms with Crippen molar-refractivity contribution in [2.45, 2.75) is 26.0 Å². The predicted octanol–water partition coefficient (Wildman–Crippen LogP) is 3.98. The van der Waals surface area contributed by atoms with Crippen LogP contribution in [0, 0.1) is 0 Å². The first-order chi connectivity index (χ1) is 9.22. The van der Waals surface area contributed by atoms with E-state index in [9.17, 15) is 5.11 Å². The number of hydrogen-bond acceptors (Lipinski definition) is 1. The number of aliphatic hydroxyl groups excluding tert-OH is 1. The second-order valence-electron chi connectivity index (χ2n) is 4.47. The molecule has 1 atom stereocenters. The van der Waals surface area contributed by atoms with Crippen LogP contribution >= 0.6 is 0 Å². The van der Waals surface area contributed by atoms with Gasteiger partial charge in [-0.15, -0.1) is 12.3 Å². The van der Waals surface area contributed by atoms with E-state index in [2.05, 4.69) is 42.5 Å². The van der Waals surface area contributed by atoms with Crippen LogP contribution in [0.4, 0.5) is 0 Å². The molecule has 0 aliphatic heterocycles. The van der Waals surface area contributed by atoms with E-state index in [0.717, 1.165) is 28.7 Å². The lowest BCUT2D eigenvalue weighted by atomic mass is 10.0. The molecule has 1 unspecified atom stereocenters. The lowest BCUT2D eigenvalue weighted by Gasteiger charge is -2.15. The van der Waals surface area contributed by atoms with Crippen molar-refractivity contribution >= 4 is 10.9 Å². The number of aromatic nitrogens is 1. The maximum absolute atomic E-state index is 10.5. The third-order valence-corrected chi connectivity index (χ3v) is 3.36. The molecule has 0 aliphatic rings. The summed E-state index contributed by atoms with van der Waals surface area (Å²) in [6.07, 6.45) is 1.67. The highest BCUT2D eigenvalue weighted by molar-refractivity contribution is 5.81. The molecule has 0 saturated carbocycles. The summed E-state index contributed by atoms with van der Waals surface area (Å²) in [7, 11) is 0. The molecule has 0 amide bonds. The minimum absolute atomic E-state index is 0.593. The monoisotopic (exact) mass is 253 g/mol. The average molecular weight is 253 g/mol. The van der Waals surface area contributed by atoms with Crippen LogP contribution in [-0.2, 0) is 6.54 Å². The number of hydrogen-bond donors (Lipinski definition) is 1. The second-order valence-corrected chi connectivity index (χ2v) is 4.47. The Labute approximate surface area is 114 Å². The summed E-state index contributed by atoms with van der Waals surface area (Å²) in [6, 6.07) is 10.2. The lowest BCUT2D eigenvalue weighted by molar-refractivity contribution is 0.204. The molecule has 1 N–H and O–H groups in total. The van der Waals surface area contributed by atoms with Crippen LogP contribution in [0.1, 0.15) is 25.1 Å². The summed E-state index contributed by atoms with van der Waals surface area (Å²) >= 11 is 0. The molecule has 0 bridgehead atoms. The standard InChI is InChI=1S/C17H19NO/c1-4-9-13(5-2)17(19)16-12-14-10-7-8-11-15(14)18(16)6-3/h4,7-8,10-12,17,19H,1-2,6,9H2,3H3. The summed E-state index contributed by atoms with van der Waals surface area (Å²) in [4.78, 5) is 0. The Morgan fingerprint density at radius 1 is 1.47 bits per heavy atom. The molecule has 0 radical (unpaired) electrons. The third-order valence-electron chi connectivity index (χ3n) is 3.36. The minimum Gasteiger partial charge on any atom is -0.382 e. The number of para-hydroxylation sites is 1. The smallest absolute Gasteiger partial charge is 0.123 e. The number of nitrogens with zero attached hydrogens (tertiary/aromatic N) is 1. The number of aryl methyl sites for hydroxylation is 1. The molecule has 1 heterocycles. The summed E-state index contributed by atoms with van der Waals surface area (Å²) in [5.41, 5.74) is 5.61. The minimum atomic E-state index is -0.678. The molecule has 0 spiro atoms. The fourth-order valence-electron chi connectivity index (χ4n) is 2.43. The molecule has 1 aromatic carbocycles. The summed E-state index contributed by atoms with van der Waals surface area (Å²) in [6.45, 7) is 10.3. The van der Waals surface area contributed by atoms with Gasteiger partial charge in [-0.2, -0.15) is 0 Å². The van der Waals surface area contributed by atoms with Crippen LogP contribution < -0.4 is 0 Å². The van der Waals surface area contributed by atoms with E-state index in [1.54, 1.807) is 6.08 Å². The molecule has 98 valence electrons. The highest BCUT2D eigenvalue weighted by Gasteiger charge is 2.18. The first-order valence-electron chi connectivity index (χ1n) is 6.48. The van der Waals surface area contributed by atoms with Gasteiger partial charge in [-0.3, -0.25) is 0 Å². The fourth-order valence-corrected chi connectivity index (χ4v) is 2.43. The first kappa shape index (κ1) is 13.4. The van der Waals surface area contributed by atoms with Crippen molar-refractivity contribution in [3.05, 3.63) is 66.6 Å². The Balaban J connectivity index is 2.55. The van der Waals surface area contributed by atoms with Crippen LogP contribution in [0.15, 0.2) is 60.9 Å². The third kappa shape index (κ3) is 2.41. The first-order valence-corrected chi connectivity index (χ1v) is 6.48. The Bertz CT molecular complexity index is 644. The second kappa shape index (κ2) is 5.75. The highest BCUT2D eigenvalue weighted by Crippen LogP contribution is 2.29. The zero-order valence-corrected chi connectivity index (χ0v) is 11.3. The van der Waals surface area contributed by atoms with Gasteiger partial charge >= 0.3 is 0 Å². The molecule has 0 aliphatic carbocycles. The number of fused-ring (bicyclic) bond motifs is 1. The molecule has 19 heavy (non-hydrogen) atoms. The van der Waals surface area contributed by atoms with Crippen molar-refractivity contribution in [2.75, 3.05) is 0 Å². The molecular formula is C17H19NO. The zero-order valence-electron chi connectivity index (χ0n) is 11.3. The van der Waals surface area contributed by atoms with Gasteiger partial charge in [0.05, 0.1) is 5.69 Å². The Kier molecular flexibility index (Phi) is 4.06. The van der Waals surface area contributed by atoms with Crippen LogP contribution in [0.2, 0.25) is 0 Å². The quantitative estimate of drug-likeness (QED) is 0.632. The van der Waals surface area contributed by atoms with Crippen molar-refractivity contribution < 1.29 is 5.11 Å². The molecule has 2 nitrogen and oxygen atoms in total. The van der Waals surface area contributed by atoms with Crippen LogP contribution in [0.25, 0.3) is 10.9 Å². The van der Waals surface area contributed by atoms with Crippen molar-refractivity contribution in [2.24, 2.45) is 0 Å². The molecule has 2 heteroatoms. The van der Waals surface area contributed by atoms with E-state index in [0.29, 0.717) is 6.42 Å². The summed E-state index contributed by atoms with van der Waals surface area (Å²) in [5.74, 6) is 0. The van der Waals surface area contributed by atoms with Crippen molar-refractivity contribution in [1.29, 1.82) is 0 Å². The predicted molar refractivity (Wildman–Crippen MR) is 80.0 cm³/mol. The molecule has 0 fully saturated rings. The summed E-state index contributed by atoms with van der Waals surface area (Å²) < 4.78 is 2.13. The van der Waals surface area contributed by atoms with Gasteiger partial charge in [0.1, 0.15) is 6.10 Å². The van der Waals surface area contributed by atoms with Gasteiger partial charge in [-0.05, 0) is 30.9 Å². The van der Waals surface area contributed by atoms with Gasteiger partial charge < -0.3 is 9.67 Å². The highest BCUT2D eigenvalue weighted by atomic mass is 16.3. The zero-order chi connectivity index (χ0) is 13.8. The van der Waals surface area contributed by atoms with E-state index < -0.39 is 6.10 Å². The Hall–Kier alpha value is -2.02. The van der Waals surface area contributed by atoms with E-state index in [-0.39, 0.29) is 0 Å². The van der Waals surface area contributed by atoms with Gasteiger partial charge in [0.2, 0.25) is 0 Å². The maximum atomic E-state index is 10.5. The number of rotatable bonds is 5. The largest absolute Gasteiger partial charge is 0.382 e. The van der Waals surface area contributed by atoms with Gasteiger partial charge in [0.15, 0.2) is 0 Å². The van der Waals surface area contributed by atoms with Crippen LogP contribution in [-0.4, -0.2) is 9.67 Å². The molecule has 2 rings (SSSR count). The van der Waals surface area contributed by atoms with E-state index >= 15 is 0 Å². The van der Waals surface area contributed by atoms with Gasteiger partial charge in [0, 0.05) is 17.6 Å². The molecule has 1 aromatic heterocycles. The van der Waals surface area contributed by atoms with E-state index in [4.69, 9.17) is 0 Å². The average Bonchev–Trinajstić information content (AvgIpc) is 2.82. The SMILES string of the molecule is C=C=C(CC=C)C(O)c1cc2ccccc2n1CC.